The van der Waals surface area contributed by atoms with Gasteiger partial charge in [-0.1, -0.05) is 13.8 Å². The van der Waals surface area contributed by atoms with Crippen molar-refractivity contribution in [1.29, 1.82) is 0 Å². The van der Waals surface area contributed by atoms with Crippen molar-refractivity contribution in [3.8, 4) is 0 Å². The van der Waals surface area contributed by atoms with E-state index in [1.165, 1.54) is 0 Å². The molecule has 0 amide bonds. The molecule has 0 aliphatic carbocycles. The zero-order valence-electron chi connectivity index (χ0n) is 11.5. The molecule has 1 aromatic rings. The predicted molar refractivity (Wildman–Crippen MR) is 69.4 cm³/mol. The molecule has 0 saturated carbocycles. The number of carboxylic acids is 1. The largest absolute Gasteiger partial charge is 0.480 e. The van der Waals surface area contributed by atoms with Crippen molar-refractivity contribution in [2.24, 2.45) is 5.92 Å². The fourth-order valence-corrected chi connectivity index (χ4v) is 3.20. The zero-order valence-corrected chi connectivity index (χ0v) is 12.3. The Labute approximate surface area is 112 Å². The van der Waals surface area contributed by atoms with Crippen LogP contribution in [-0.2, 0) is 21.4 Å². The van der Waals surface area contributed by atoms with Crippen LogP contribution in [0.2, 0.25) is 0 Å². The number of aryl methyl sites for hydroxylation is 1. The number of aromatic nitrogens is 2. The average molecular weight is 289 g/mol. The molecular formula is C11H19N3O4S. The van der Waals surface area contributed by atoms with Gasteiger partial charge in [0.1, 0.15) is 11.4 Å². The summed E-state index contributed by atoms with van der Waals surface area (Å²) < 4.78 is 27.8. The van der Waals surface area contributed by atoms with E-state index >= 15 is 0 Å². The molecule has 0 aliphatic rings. The monoisotopic (exact) mass is 289 g/mol. The predicted octanol–water partition coefficient (Wildman–Crippen LogP) is 0.519. The maximum atomic E-state index is 12.0. The van der Waals surface area contributed by atoms with Crippen LogP contribution in [-0.4, -0.2) is 35.8 Å². The van der Waals surface area contributed by atoms with Gasteiger partial charge in [-0.15, -0.1) is 0 Å². The van der Waals surface area contributed by atoms with Crippen molar-refractivity contribution in [2.45, 2.75) is 39.1 Å². The van der Waals surface area contributed by atoms with Crippen LogP contribution < -0.4 is 4.72 Å². The summed E-state index contributed by atoms with van der Waals surface area (Å²) in [4.78, 5) is 10.5. The third-order valence-corrected chi connectivity index (χ3v) is 4.19. The summed E-state index contributed by atoms with van der Waals surface area (Å²) in [5, 5.41) is 12.7. The molecule has 8 heteroatoms. The van der Waals surface area contributed by atoms with E-state index < -0.39 is 22.5 Å². The summed E-state index contributed by atoms with van der Waals surface area (Å²) in [6, 6.07) is 0. The number of hydrogen-bond donors (Lipinski definition) is 2. The molecule has 0 spiro atoms. The van der Waals surface area contributed by atoms with Crippen LogP contribution in [0.1, 0.15) is 25.2 Å². The Balaban J connectivity index is 3.13. The van der Waals surface area contributed by atoms with Gasteiger partial charge in [-0.2, -0.15) is 9.82 Å². The molecule has 1 heterocycles. The van der Waals surface area contributed by atoms with Gasteiger partial charge >= 0.3 is 5.97 Å². The minimum Gasteiger partial charge on any atom is -0.480 e. The fraction of sp³-hybridized carbons (Fsp3) is 0.636. The third-order valence-electron chi connectivity index (χ3n) is 2.54. The minimum absolute atomic E-state index is 0.0643. The number of rotatable bonds is 6. The number of aliphatic carboxylic acids is 1. The molecule has 0 bridgehead atoms. The van der Waals surface area contributed by atoms with E-state index in [0.29, 0.717) is 23.9 Å². The summed E-state index contributed by atoms with van der Waals surface area (Å²) in [5.74, 6) is -0.894. The van der Waals surface area contributed by atoms with Gasteiger partial charge in [-0.25, -0.2) is 8.42 Å². The second-order valence-corrected chi connectivity index (χ2v) is 6.50. The van der Waals surface area contributed by atoms with Gasteiger partial charge in [0.05, 0.1) is 11.4 Å². The molecule has 0 aromatic carbocycles. The van der Waals surface area contributed by atoms with Gasteiger partial charge in [0.15, 0.2) is 0 Å². The highest BCUT2D eigenvalue weighted by Gasteiger charge is 2.25. The van der Waals surface area contributed by atoms with E-state index in [1.807, 2.05) is 18.6 Å². The van der Waals surface area contributed by atoms with E-state index in [1.54, 1.807) is 18.5 Å². The first-order chi connectivity index (χ1) is 8.65. The molecule has 0 saturated heterocycles. The second-order valence-electron chi connectivity index (χ2n) is 4.79. The Morgan fingerprint density at radius 3 is 2.47 bits per heavy atom. The Morgan fingerprint density at radius 1 is 1.42 bits per heavy atom. The van der Waals surface area contributed by atoms with Crippen molar-refractivity contribution in [3.05, 3.63) is 11.4 Å². The molecule has 1 rings (SSSR count). The molecule has 19 heavy (non-hydrogen) atoms. The van der Waals surface area contributed by atoms with Crippen LogP contribution in [0.15, 0.2) is 4.90 Å². The standard InChI is InChI=1S/C11H19N3O4S/c1-7(2)6-14-9(4)11(8(3)13-14)19(17,18)12-5-10(15)16/h7,12H,5-6H2,1-4H3,(H,15,16). The summed E-state index contributed by atoms with van der Waals surface area (Å²) >= 11 is 0. The van der Waals surface area contributed by atoms with Crippen LogP contribution >= 0.6 is 0 Å². The number of carbonyl (C=O) groups is 1. The molecule has 0 radical (unpaired) electrons. The van der Waals surface area contributed by atoms with Gasteiger partial charge < -0.3 is 5.11 Å². The number of hydrogen-bond acceptors (Lipinski definition) is 4. The first-order valence-corrected chi connectivity index (χ1v) is 7.39. The quantitative estimate of drug-likeness (QED) is 0.795. The van der Waals surface area contributed by atoms with E-state index in [9.17, 15) is 13.2 Å². The molecule has 108 valence electrons. The van der Waals surface area contributed by atoms with E-state index in [4.69, 9.17) is 5.11 Å². The van der Waals surface area contributed by atoms with Gasteiger partial charge in [0.25, 0.3) is 0 Å². The minimum atomic E-state index is -3.85. The molecule has 2 N–H and O–H groups in total. The number of carboxylic acid groups (broad SMARTS) is 1. The Morgan fingerprint density at radius 2 is 2.00 bits per heavy atom. The molecule has 7 nitrogen and oxygen atoms in total. The van der Waals surface area contributed by atoms with Crippen LogP contribution in [0.3, 0.4) is 0 Å². The van der Waals surface area contributed by atoms with Crippen molar-refractivity contribution in [3.63, 3.8) is 0 Å². The van der Waals surface area contributed by atoms with Crippen LogP contribution in [0.25, 0.3) is 0 Å². The van der Waals surface area contributed by atoms with Gasteiger partial charge in [-0.05, 0) is 19.8 Å². The second kappa shape index (κ2) is 5.70. The lowest BCUT2D eigenvalue weighted by molar-refractivity contribution is -0.135. The lowest BCUT2D eigenvalue weighted by Gasteiger charge is -2.08. The fourth-order valence-electron chi connectivity index (χ4n) is 1.82. The molecule has 0 fully saturated rings. The number of nitrogens with one attached hydrogen (secondary N) is 1. The smallest absolute Gasteiger partial charge is 0.318 e. The van der Waals surface area contributed by atoms with Crippen molar-refractivity contribution in [2.75, 3.05) is 6.54 Å². The summed E-state index contributed by atoms with van der Waals surface area (Å²) in [6.07, 6.45) is 0. The molecule has 0 atom stereocenters. The Kier molecular flexibility index (Phi) is 4.70. The van der Waals surface area contributed by atoms with Crippen molar-refractivity contribution < 1.29 is 18.3 Å². The first kappa shape index (κ1) is 15.6. The topological polar surface area (TPSA) is 101 Å². The average Bonchev–Trinajstić information content (AvgIpc) is 2.51. The van der Waals surface area contributed by atoms with E-state index in [2.05, 4.69) is 5.10 Å². The molecule has 0 aliphatic heterocycles. The Bertz CT molecular complexity index is 575. The third kappa shape index (κ3) is 3.77. The SMILES string of the molecule is Cc1nn(CC(C)C)c(C)c1S(=O)(=O)NCC(=O)O. The number of sulfonamides is 1. The normalized spacial score (nSPS) is 12.1. The number of nitrogens with zero attached hydrogens (tertiary/aromatic N) is 2. The van der Waals surface area contributed by atoms with Crippen molar-refractivity contribution in [1.82, 2.24) is 14.5 Å². The Hall–Kier alpha value is -1.41. The van der Waals surface area contributed by atoms with Crippen molar-refractivity contribution >= 4 is 16.0 Å². The molecular weight excluding hydrogens is 270 g/mol. The summed E-state index contributed by atoms with van der Waals surface area (Å²) in [5.41, 5.74) is 0.889. The lowest BCUT2D eigenvalue weighted by atomic mass is 10.2. The molecule has 1 aromatic heterocycles. The first-order valence-electron chi connectivity index (χ1n) is 5.90. The highest BCUT2D eigenvalue weighted by atomic mass is 32.2. The highest BCUT2D eigenvalue weighted by molar-refractivity contribution is 7.89. The van der Waals surface area contributed by atoms with Gasteiger partial charge in [0.2, 0.25) is 10.0 Å². The summed E-state index contributed by atoms with van der Waals surface area (Å²) in [7, 11) is -3.85. The van der Waals surface area contributed by atoms with E-state index in [0.717, 1.165) is 0 Å². The van der Waals surface area contributed by atoms with Crippen LogP contribution in [0.4, 0.5) is 0 Å². The lowest BCUT2D eigenvalue weighted by Crippen LogP contribution is -2.30. The maximum absolute atomic E-state index is 12.0. The van der Waals surface area contributed by atoms with Gasteiger partial charge in [0, 0.05) is 6.54 Å². The van der Waals surface area contributed by atoms with Crippen LogP contribution in [0, 0.1) is 19.8 Å². The van der Waals surface area contributed by atoms with Crippen LogP contribution in [0.5, 0.6) is 0 Å². The summed E-state index contributed by atoms with van der Waals surface area (Å²) in [6.45, 7) is 7.25. The maximum Gasteiger partial charge on any atom is 0.318 e. The zero-order chi connectivity index (χ0) is 14.8. The highest BCUT2D eigenvalue weighted by Crippen LogP contribution is 2.19. The molecule has 0 unspecified atom stereocenters. The van der Waals surface area contributed by atoms with Gasteiger partial charge in [-0.3, -0.25) is 9.48 Å². The van der Waals surface area contributed by atoms with E-state index in [-0.39, 0.29) is 4.90 Å².